The number of furan rings is 1. The SMILES string of the molecule is Cc1c2c(c(NC(=O)NS(=O)(=O)c3cc4c(o3)C3CCC(C3)C4O)c3c1CCC3)CCC2. The Balaban J connectivity index is 1.27. The van der Waals surface area contributed by atoms with E-state index in [-0.39, 0.29) is 16.9 Å². The molecule has 6 rings (SSSR count). The number of sulfonamides is 1. The van der Waals surface area contributed by atoms with Crippen LogP contribution >= 0.6 is 0 Å². The number of urea groups is 1. The van der Waals surface area contributed by atoms with Crippen molar-refractivity contribution in [2.24, 2.45) is 5.92 Å². The van der Waals surface area contributed by atoms with Crippen LogP contribution in [-0.2, 0) is 35.7 Å². The zero-order valence-corrected chi connectivity index (χ0v) is 19.0. The van der Waals surface area contributed by atoms with Crippen LogP contribution in [-0.4, -0.2) is 19.6 Å². The average molecular weight is 457 g/mol. The van der Waals surface area contributed by atoms with Crippen molar-refractivity contribution >= 4 is 21.7 Å². The van der Waals surface area contributed by atoms with Gasteiger partial charge in [-0.3, -0.25) is 0 Å². The van der Waals surface area contributed by atoms with Gasteiger partial charge in [0.05, 0.1) is 6.10 Å². The number of aliphatic hydroxyl groups excluding tert-OH is 1. The maximum Gasteiger partial charge on any atom is 0.333 e. The third kappa shape index (κ3) is 2.95. The molecule has 1 heterocycles. The molecule has 0 saturated heterocycles. The van der Waals surface area contributed by atoms with Gasteiger partial charge in [0, 0.05) is 23.2 Å². The predicted octanol–water partition coefficient (Wildman–Crippen LogP) is 4.01. The third-order valence-electron chi connectivity index (χ3n) is 8.05. The first-order valence-electron chi connectivity index (χ1n) is 11.6. The Labute approximate surface area is 187 Å². The second-order valence-corrected chi connectivity index (χ2v) is 11.4. The maximum absolute atomic E-state index is 12.9. The summed E-state index contributed by atoms with van der Waals surface area (Å²) in [7, 11) is -4.19. The zero-order valence-electron chi connectivity index (χ0n) is 18.2. The van der Waals surface area contributed by atoms with Gasteiger partial charge in [-0.1, -0.05) is 0 Å². The van der Waals surface area contributed by atoms with Crippen LogP contribution < -0.4 is 10.0 Å². The number of hydrogen-bond donors (Lipinski definition) is 3. The van der Waals surface area contributed by atoms with Gasteiger partial charge in [-0.05, 0) is 98.4 Å². The molecule has 4 aliphatic carbocycles. The summed E-state index contributed by atoms with van der Waals surface area (Å²) in [5.41, 5.74) is 7.64. The maximum atomic E-state index is 12.9. The highest BCUT2D eigenvalue weighted by Gasteiger charge is 2.43. The Hall–Kier alpha value is -2.32. The normalized spacial score (nSPS) is 25.4. The Bertz CT molecular complexity index is 1200. The molecule has 3 N–H and O–H groups in total. The van der Waals surface area contributed by atoms with Crippen molar-refractivity contribution in [2.75, 3.05) is 5.32 Å². The lowest BCUT2D eigenvalue weighted by Crippen LogP contribution is -2.34. The zero-order chi connectivity index (χ0) is 22.2. The number of rotatable bonds is 3. The summed E-state index contributed by atoms with van der Waals surface area (Å²) in [5.74, 6) is 0.859. The molecule has 8 heteroatoms. The van der Waals surface area contributed by atoms with E-state index in [4.69, 9.17) is 4.42 Å². The van der Waals surface area contributed by atoms with Crippen LogP contribution in [0.1, 0.15) is 83.3 Å². The molecular weight excluding hydrogens is 428 g/mol. The van der Waals surface area contributed by atoms with Gasteiger partial charge in [0.25, 0.3) is 10.0 Å². The van der Waals surface area contributed by atoms with E-state index in [1.165, 1.54) is 22.8 Å². The van der Waals surface area contributed by atoms with Gasteiger partial charge < -0.3 is 14.8 Å². The lowest BCUT2D eigenvalue weighted by atomic mass is 9.86. The summed E-state index contributed by atoms with van der Waals surface area (Å²) in [6.07, 6.45) is 7.84. The Morgan fingerprint density at radius 3 is 2.41 bits per heavy atom. The van der Waals surface area contributed by atoms with Gasteiger partial charge in [-0.2, -0.15) is 8.42 Å². The highest BCUT2D eigenvalue weighted by molar-refractivity contribution is 7.89. The van der Waals surface area contributed by atoms with E-state index in [9.17, 15) is 18.3 Å². The molecular formula is C24H28N2O5S. The lowest BCUT2D eigenvalue weighted by Gasteiger charge is -2.23. The summed E-state index contributed by atoms with van der Waals surface area (Å²) < 4.78 is 33.7. The number of carbonyl (C=O) groups excluding carboxylic acids is 1. The van der Waals surface area contributed by atoms with Crippen LogP contribution in [0.3, 0.4) is 0 Å². The Kier molecular flexibility index (Phi) is 4.50. The molecule has 1 saturated carbocycles. The van der Waals surface area contributed by atoms with Crippen LogP contribution in [0.2, 0.25) is 0 Å². The van der Waals surface area contributed by atoms with Crippen molar-refractivity contribution < 1.29 is 22.7 Å². The molecule has 2 aromatic rings. The Morgan fingerprint density at radius 2 is 1.72 bits per heavy atom. The van der Waals surface area contributed by atoms with Crippen molar-refractivity contribution in [3.05, 3.63) is 45.2 Å². The average Bonchev–Trinajstić information content (AvgIpc) is 3.53. The topological polar surface area (TPSA) is 109 Å². The number of benzene rings is 1. The second kappa shape index (κ2) is 7.09. The number of fused-ring (bicyclic) bond motifs is 6. The lowest BCUT2D eigenvalue weighted by molar-refractivity contribution is 0.101. The van der Waals surface area contributed by atoms with Crippen molar-refractivity contribution in [3.8, 4) is 0 Å². The minimum atomic E-state index is -4.19. The molecule has 4 aliphatic rings. The van der Waals surface area contributed by atoms with E-state index in [1.807, 2.05) is 0 Å². The van der Waals surface area contributed by atoms with E-state index < -0.39 is 22.2 Å². The number of nitrogens with one attached hydrogen (secondary N) is 2. The number of carbonyl (C=O) groups is 1. The smallest absolute Gasteiger partial charge is 0.333 e. The van der Waals surface area contributed by atoms with Gasteiger partial charge in [-0.15, -0.1) is 0 Å². The van der Waals surface area contributed by atoms with Gasteiger partial charge in [0.2, 0.25) is 5.09 Å². The molecule has 7 nitrogen and oxygen atoms in total. The van der Waals surface area contributed by atoms with Crippen molar-refractivity contribution in [1.82, 2.24) is 4.72 Å². The first-order valence-corrected chi connectivity index (χ1v) is 13.1. The van der Waals surface area contributed by atoms with Gasteiger partial charge in [-0.25, -0.2) is 9.52 Å². The highest BCUT2D eigenvalue weighted by atomic mass is 32.2. The standard InChI is InChI=1S/C24H28N2O5S/c1-12-15-4-2-6-17(15)21(18-7-3-5-16(12)18)25-24(28)26-32(29,30)20-11-19-22(27)13-8-9-14(10-13)23(19)31-20/h11,13-14,22,27H,2-10H2,1H3,(H2,25,26,28). The largest absolute Gasteiger partial charge is 0.447 e. The number of hydrogen-bond acceptors (Lipinski definition) is 5. The minimum Gasteiger partial charge on any atom is -0.447 e. The first kappa shape index (κ1) is 20.3. The molecule has 0 spiro atoms. The highest BCUT2D eigenvalue weighted by Crippen LogP contribution is 2.52. The summed E-state index contributed by atoms with van der Waals surface area (Å²) in [6.45, 7) is 2.17. The van der Waals surface area contributed by atoms with Crippen LogP contribution in [0, 0.1) is 12.8 Å². The number of anilines is 1. The molecule has 3 unspecified atom stereocenters. The van der Waals surface area contributed by atoms with Crippen molar-refractivity contribution in [2.45, 2.75) is 81.8 Å². The molecule has 0 aliphatic heterocycles. The summed E-state index contributed by atoms with van der Waals surface area (Å²) >= 11 is 0. The molecule has 3 atom stereocenters. The first-order chi connectivity index (χ1) is 15.3. The summed E-state index contributed by atoms with van der Waals surface area (Å²) in [4.78, 5) is 12.8. The fourth-order valence-electron chi connectivity index (χ4n) is 6.57. The third-order valence-corrected chi connectivity index (χ3v) is 9.24. The quantitative estimate of drug-likeness (QED) is 0.647. The number of aliphatic hydroxyl groups is 1. The van der Waals surface area contributed by atoms with Gasteiger partial charge in [0.1, 0.15) is 5.76 Å². The molecule has 170 valence electrons. The fourth-order valence-corrected chi connectivity index (χ4v) is 7.44. The van der Waals surface area contributed by atoms with Crippen molar-refractivity contribution in [1.29, 1.82) is 0 Å². The van der Waals surface area contributed by atoms with Crippen molar-refractivity contribution in [3.63, 3.8) is 0 Å². The molecule has 0 radical (unpaired) electrons. The fraction of sp³-hybridized carbons (Fsp3) is 0.542. The predicted molar refractivity (Wildman–Crippen MR) is 118 cm³/mol. The monoisotopic (exact) mass is 456 g/mol. The molecule has 1 fully saturated rings. The Morgan fingerprint density at radius 1 is 1.06 bits per heavy atom. The van der Waals surface area contributed by atoms with Crippen LogP contribution in [0.25, 0.3) is 0 Å². The van der Waals surface area contributed by atoms with Crippen LogP contribution in [0.5, 0.6) is 0 Å². The van der Waals surface area contributed by atoms with E-state index in [1.54, 1.807) is 0 Å². The van der Waals surface area contributed by atoms with E-state index >= 15 is 0 Å². The summed E-state index contributed by atoms with van der Waals surface area (Å²) in [5, 5.41) is 13.1. The molecule has 2 bridgehead atoms. The number of amides is 2. The minimum absolute atomic E-state index is 0.147. The second-order valence-electron chi connectivity index (χ2n) is 9.78. The molecule has 1 aromatic heterocycles. The van der Waals surface area contributed by atoms with Gasteiger partial charge >= 0.3 is 6.03 Å². The summed E-state index contributed by atoms with van der Waals surface area (Å²) in [6, 6.07) is 0.620. The van der Waals surface area contributed by atoms with E-state index in [0.717, 1.165) is 74.6 Å². The molecule has 32 heavy (non-hydrogen) atoms. The molecule has 2 amide bonds. The van der Waals surface area contributed by atoms with E-state index in [2.05, 4.69) is 17.0 Å². The van der Waals surface area contributed by atoms with Gasteiger partial charge in [0.15, 0.2) is 0 Å². The van der Waals surface area contributed by atoms with Crippen LogP contribution in [0.15, 0.2) is 15.6 Å². The molecule has 1 aromatic carbocycles. The van der Waals surface area contributed by atoms with E-state index in [0.29, 0.717) is 11.3 Å². The van der Waals surface area contributed by atoms with Crippen LogP contribution in [0.4, 0.5) is 10.5 Å².